The summed E-state index contributed by atoms with van der Waals surface area (Å²) in [5.74, 6) is -0.534. The van der Waals surface area contributed by atoms with Gasteiger partial charge in [0.25, 0.3) is 5.65 Å². The zero-order chi connectivity index (χ0) is 12.0. The SMILES string of the molecule is O=[N+]([O-])c1c(O)c2ncccc2n2nnnc12. The number of fused-ring (bicyclic) bond motifs is 3. The number of pyridine rings is 2. The first kappa shape index (κ1) is 9.39. The van der Waals surface area contributed by atoms with Crippen molar-refractivity contribution in [1.82, 2.24) is 25.0 Å². The molecule has 0 aliphatic carbocycles. The smallest absolute Gasteiger partial charge is 0.359 e. The second-order valence-electron chi connectivity index (χ2n) is 3.24. The Bertz CT molecular complexity index is 751. The molecule has 1 N–H and O–H groups in total. The van der Waals surface area contributed by atoms with E-state index in [-0.39, 0.29) is 11.2 Å². The van der Waals surface area contributed by atoms with Crippen molar-refractivity contribution in [2.24, 2.45) is 0 Å². The van der Waals surface area contributed by atoms with Crippen molar-refractivity contribution in [1.29, 1.82) is 0 Å². The highest BCUT2D eigenvalue weighted by atomic mass is 16.6. The summed E-state index contributed by atoms with van der Waals surface area (Å²) in [6.45, 7) is 0. The predicted octanol–water partition coefficient (Wildman–Crippen LogP) is 0.286. The number of nitro groups is 1. The zero-order valence-corrected chi connectivity index (χ0v) is 8.18. The Labute approximate surface area is 92.5 Å². The number of aromatic nitrogens is 5. The van der Waals surface area contributed by atoms with Gasteiger partial charge in [0.05, 0.1) is 10.4 Å². The monoisotopic (exact) mass is 232 g/mol. The summed E-state index contributed by atoms with van der Waals surface area (Å²) in [4.78, 5) is 14.0. The van der Waals surface area contributed by atoms with Gasteiger partial charge >= 0.3 is 5.69 Å². The minimum atomic E-state index is -0.741. The van der Waals surface area contributed by atoms with E-state index in [1.165, 1.54) is 10.7 Å². The maximum atomic E-state index is 10.9. The first-order chi connectivity index (χ1) is 8.20. The molecule has 84 valence electrons. The van der Waals surface area contributed by atoms with Gasteiger partial charge in [0.1, 0.15) is 5.52 Å². The van der Waals surface area contributed by atoms with Crippen molar-refractivity contribution in [3.63, 3.8) is 0 Å². The molecule has 3 aromatic rings. The first-order valence-electron chi connectivity index (χ1n) is 4.52. The summed E-state index contributed by atoms with van der Waals surface area (Å²) in [5, 5.41) is 31.2. The standard InChI is InChI=1S/C8H4N6O3/c15-7-5-4(2-1-3-9-5)13-8(10-11-12-13)6(7)14(16)17/h1-3,15H. The molecule has 3 heterocycles. The van der Waals surface area contributed by atoms with Gasteiger partial charge in [0.15, 0.2) is 0 Å². The van der Waals surface area contributed by atoms with E-state index in [1.807, 2.05) is 0 Å². The first-order valence-corrected chi connectivity index (χ1v) is 4.52. The Morgan fingerprint density at radius 1 is 1.47 bits per heavy atom. The number of hydrogen-bond acceptors (Lipinski definition) is 7. The Hall–Kier alpha value is -2.84. The fourth-order valence-electron chi connectivity index (χ4n) is 1.63. The molecule has 0 saturated carbocycles. The van der Waals surface area contributed by atoms with E-state index >= 15 is 0 Å². The van der Waals surface area contributed by atoms with Crippen LogP contribution >= 0.6 is 0 Å². The molecule has 0 aliphatic heterocycles. The van der Waals surface area contributed by atoms with Gasteiger partial charge in [0, 0.05) is 6.20 Å². The number of tetrazole rings is 1. The molecule has 0 saturated heterocycles. The summed E-state index contributed by atoms with van der Waals surface area (Å²) in [6.07, 6.45) is 1.42. The maximum Gasteiger partial charge on any atom is 0.359 e. The molecule has 3 rings (SSSR count). The van der Waals surface area contributed by atoms with Crippen molar-refractivity contribution in [3.05, 3.63) is 28.4 Å². The van der Waals surface area contributed by atoms with E-state index in [2.05, 4.69) is 20.5 Å². The summed E-state index contributed by atoms with van der Waals surface area (Å²) in [5.41, 5.74) is -0.191. The second kappa shape index (κ2) is 3.07. The summed E-state index contributed by atoms with van der Waals surface area (Å²) in [6, 6.07) is 3.23. The quantitative estimate of drug-likeness (QED) is 0.472. The summed E-state index contributed by atoms with van der Waals surface area (Å²) < 4.78 is 1.17. The zero-order valence-electron chi connectivity index (χ0n) is 8.18. The molecular weight excluding hydrogens is 228 g/mol. The molecule has 0 unspecified atom stereocenters. The Morgan fingerprint density at radius 2 is 2.29 bits per heavy atom. The lowest BCUT2D eigenvalue weighted by molar-refractivity contribution is -0.384. The molecule has 0 atom stereocenters. The van der Waals surface area contributed by atoms with Crippen LogP contribution in [0.25, 0.3) is 16.7 Å². The van der Waals surface area contributed by atoms with Crippen LogP contribution in [0.3, 0.4) is 0 Å². The van der Waals surface area contributed by atoms with Crippen molar-refractivity contribution in [2.45, 2.75) is 0 Å². The van der Waals surface area contributed by atoms with Gasteiger partial charge in [-0.05, 0) is 22.6 Å². The lowest BCUT2D eigenvalue weighted by Gasteiger charge is -2.02. The lowest BCUT2D eigenvalue weighted by atomic mass is 10.2. The minimum absolute atomic E-state index is 0.0824. The van der Waals surface area contributed by atoms with E-state index in [9.17, 15) is 15.2 Å². The average Bonchev–Trinajstić information content (AvgIpc) is 2.78. The van der Waals surface area contributed by atoms with Gasteiger partial charge in [-0.3, -0.25) is 15.1 Å². The number of aromatic hydroxyl groups is 1. The third-order valence-corrected chi connectivity index (χ3v) is 2.33. The van der Waals surface area contributed by atoms with E-state index in [0.29, 0.717) is 5.52 Å². The van der Waals surface area contributed by atoms with Crippen molar-refractivity contribution in [3.8, 4) is 5.75 Å². The molecule has 0 fully saturated rings. The molecule has 9 nitrogen and oxygen atoms in total. The van der Waals surface area contributed by atoms with E-state index < -0.39 is 16.4 Å². The maximum absolute atomic E-state index is 10.9. The molecule has 0 aliphatic rings. The second-order valence-corrected chi connectivity index (χ2v) is 3.24. The fraction of sp³-hybridized carbons (Fsp3) is 0. The van der Waals surface area contributed by atoms with Crippen LogP contribution in [0.1, 0.15) is 0 Å². The van der Waals surface area contributed by atoms with Crippen LogP contribution in [0.5, 0.6) is 5.75 Å². The van der Waals surface area contributed by atoms with Crippen LogP contribution in [-0.4, -0.2) is 35.1 Å². The third kappa shape index (κ3) is 1.13. The van der Waals surface area contributed by atoms with Crippen LogP contribution in [0.15, 0.2) is 18.3 Å². The molecular formula is C8H4N6O3. The van der Waals surface area contributed by atoms with Crippen LogP contribution in [0.2, 0.25) is 0 Å². The van der Waals surface area contributed by atoms with E-state index in [0.717, 1.165) is 0 Å². The highest BCUT2D eigenvalue weighted by Gasteiger charge is 2.26. The molecule has 0 spiro atoms. The summed E-state index contributed by atoms with van der Waals surface area (Å²) >= 11 is 0. The largest absolute Gasteiger partial charge is 0.500 e. The van der Waals surface area contributed by atoms with Crippen LogP contribution in [0, 0.1) is 10.1 Å². The van der Waals surface area contributed by atoms with Gasteiger partial charge in [-0.1, -0.05) is 0 Å². The normalized spacial score (nSPS) is 11.1. The Morgan fingerprint density at radius 3 is 3.06 bits per heavy atom. The van der Waals surface area contributed by atoms with Crippen LogP contribution < -0.4 is 0 Å². The molecule has 0 radical (unpaired) electrons. The van der Waals surface area contributed by atoms with Crippen molar-refractivity contribution in [2.75, 3.05) is 0 Å². The Kier molecular flexibility index (Phi) is 1.70. The average molecular weight is 232 g/mol. The van der Waals surface area contributed by atoms with Gasteiger partial charge in [0.2, 0.25) is 5.75 Å². The van der Waals surface area contributed by atoms with Gasteiger partial charge < -0.3 is 5.11 Å². The van der Waals surface area contributed by atoms with E-state index in [4.69, 9.17) is 0 Å². The topological polar surface area (TPSA) is 119 Å². The fourth-order valence-corrected chi connectivity index (χ4v) is 1.63. The number of hydrogen-bond donors (Lipinski definition) is 1. The van der Waals surface area contributed by atoms with Gasteiger partial charge in [-0.25, -0.2) is 0 Å². The highest BCUT2D eigenvalue weighted by molar-refractivity contribution is 5.90. The van der Waals surface area contributed by atoms with Gasteiger partial charge in [-0.2, -0.15) is 4.52 Å². The molecule has 0 amide bonds. The molecule has 3 aromatic heterocycles. The molecule has 9 heteroatoms. The highest BCUT2D eigenvalue weighted by Crippen LogP contribution is 2.35. The summed E-state index contributed by atoms with van der Waals surface area (Å²) in [7, 11) is 0. The third-order valence-electron chi connectivity index (χ3n) is 2.33. The molecule has 17 heavy (non-hydrogen) atoms. The van der Waals surface area contributed by atoms with Crippen molar-refractivity contribution >= 4 is 22.4 Å². The molecule has 0 bridgehead atoms. The number of nitrogens with zero attached hydrogens (tertiary/aromatic N) is 6. The van der Waals surface area contributed by atoms with Crippen LogP contribution in [-0.2, 0) is 0 Å². The van der Waals surface area contributed by atoms with Crippen LogP contribution in [0.4, 0.5) is 5.69 Å². The van der Waals surface area contributed by atoms with Crippen molar-refractivity contribution < 1.29 is 10.0 Å². The predicted molar refractivity (Wildman–Crippen MR) is 54.4 cm³/mol. The Balaban J connectivity index is 2.65. The van der Waals surface area contributed by atoms with Gasteiger partial charge in [-0.15, -0.1) is 5.10 Å². The minimum Gasteiger partial charge on any atom is -0.500 e. The molecule has 0 aromatic carbocycles. The van der Waals surface area contributed by atoms with E-state index in [1.54, 1.807) is 12.1 Å². The number of rotatable bonds is 1. The lowest BCUT2D eigenvalue weighted by Crippen LogP contribution is -1.99.